The summed E-state index contributed by atoms with van der Waals surface area (Å²) in [5.74, 6) is 0.662. The molecule has 2 heterocycles. The second-order valence-electron chi connectivity index (χ2n) is 6.28. The average molecular weight is 357 g/mol. The van der Waals surface area contributed by atoms with Crippen molar-refractivity contribution in [3.63, 3.8) is 0 Å². The van der Waals surface area contributed by atoms with E-state index in [0.717, 1.165) is 5.56 Å². The second-order valence-corrected chi connectivity index (χ2v) is 7.45. The van der Waals surface area contributed by atoms with E-state index in [2.05, 4.69) is 40.5 Å². The number of aromatic nitrogens is 3. The highest BCUT2D eigenvalue weighted by Crippen LogP contribution is 2.44. The van der Waals surface area contributed by atoms with Crippen molar-refractivity contribution in [3.8, 4) is 11.4 Å². The summed E-state index contributed by atoms with van der Waals surface area (Å²) in [6.45, 7) is 0. The van der Waals surface area contributed by atoms with Gasteiger partial charge in [-0.05, 0) is 16.3 Å². The quantitative estimate of drug-likeness (QED) is 0.508. The van der Waals surface area contributed by atoms with E-state index >= 15 is 0 Å². The van der Waals surface area contributed by atoms with Crippen LogP contribution in [0.1, 0.15) is 22.0 Å². The Labute approximate surface area is 154 Å². The van der Waals surface area contributed by atoms with Crippen molar-refractivity contribution in [2.45, 2.75) is 16.8 Å². The lowest BCUT2D eigenvalue weighted by atomic mass is 10.00. The van der Waals surface area contributed by atoms with Gasteiger partial charge in [0.25, 0.3) is 0 Å². The molecule has 0 amide bonds. The zero-order valence-corrected chi connectivity index (χ0v) is 14.7. The molecule has 1 aliphatic rings. The highest BCUT2D eigenvalue weighted by atomic mass is 32.2. The van der Waals surface area contributed by atoms with Gasteiger partial charge in [-0.1, -0.05) is 84.6 Å². The summed E-state index contributed by atoms with van der Waals surface area (Å²) >= 11 is 1.61. The lowest BCUT2D eigenvalue weighted by Gasteiger charge is -2.23. The molecule has 0 aliphatic carbocycles. The van der Waals surface area contributed by atoms with Crippen molar-refractivity contribution in [1.82, 2.24) is 14.8 Å². The van der Waals surface area contributed by atoms with Crippen molar-refractivity contribution in [3.05, 3.63) is 78.4 Å². The molecule has 0 radical (unpaired) electrons. The van der Waals surface area contributed by atoms with Crippen LogP contribution in [-0.4, -0.2) is 20.7 Å². The first-order valence-corrected chi connectivity index (χ1v) is 9.37. The number of hydrogen-bond donors (Lipinski definition) is 0. The Morgan fingerprint density at radius 3 is 2.54 bits per heavy atom. The topological polar surface area (TPSA) is 47.8 Å². The van der Waals surface area contributed by atoms with Gasteiger partial charge >= 0.3 is 0 Å². The fraction of sp³-hybridized carbons (Fsp3) is 0.0952. The Hall–Kier alpha value is -2.92. The highest BCUT2D eigenvalue weighted by molar-refractivity contribution is 7.99. The summed E-state index contributed by atoms with van der Waals surface area (Å²) in [5, 5.41) is 11.7. The Kier molecular flexibility index (Phi) is 3.60. The van der Waals surface area contributed by atoms with Gasteiger partial charge in [0.2, 0.25) is 5.91 Å². The van der Waals surface area contributed by atoms with Crippen LogP contribution in [0.25, 0.3) is 22.2 Å². The zero-order valence-electron chi connectivity index (χ0n) is 13.9. The molecule has 1 unspecified atom stereocenters. The van der Waals surface area contributed by atoms with Gasteiger partial charge < -0.3 is 0 Å². The van der Waals surface area contributed by atoms with Gasteiger partial charge in [0.05, 0.1) is 0 Å². The second kappa shape index (κ2) is 6.11. The molecule has 1 atom stereocenters. The zero-order chi connectivity index (χ0) is 17.5. The molecule has 0 N–H and O–H groups in total. The molecule has 4 aromatic rings. The molecule has 0 saturated heterocycles. The third-order valence-corrected chi connectivity index (χ3v) is 5.87. The van der Waals surface area contributed by atoms with Gasteiger partial charge in [0.15, 0.2) is 11.0 Å². The third-order valence-electron chi connectivity index (χ3n) is 4.69. The standard InChI is InChI=1S/C21H15N3OS/c25-19-13-18(17-12-6-10-14-7-4-5-11-16(14)17)26-21-23-22-20(24(19)21)15-8-2-1-3-9-15/h1-12,18H,13H2. The number of carbonyl (C=O) groups excluding carboxylic acids is 1. The van der Waals surface area contributed by atoms with Gasteiger partial charge in [-0.25, -0.2) is 4.57 Å². The molecule has 3 aromatic carbocycles. The van der Waals surface area contributed by atoms with E-state index in [4.69, 9.17) is 0 Å². The first-order chi connectivity index (χ1) is 12.8. The lowest BCUT2D eigenvalue weighted by Crippen LogP contribution is -2.20. The van der Waals surface area contributed by atoms with E-state index in [9.17, 15) is 4.79 Å². The van der Waals surface area contributed by atoms with Crippen LogP contribution in [0.3, 0.4) is 0 Å². The maximum Gasteiger partial charge on any atom is 0.235 e. The van der Waals surface area contributed by atoms with Crippen LogP contribution < -0.4 is 0 Å². The van der Waals surface area contributed by atoms with Crippen LogP contribution in [0.4, 0.5) is 0 Å². The summed E-state index contributed by atoms with van der Waals surface area (Å²) in [5.41, 5.74) is 2.08. The molecule has 0 fully saturated rings. The van der Waals surface area contributed by atoms with E-state index in [-0.39, 0.29) is 11.2 Å². The van der Waals surface area contributed by atoms with E-state index < -0.39 is 0 Å². The number of fused-ring (bicyclic) bond motifs is 2. The van der Waals surface area contributed by atoms with Crippen LogP contribution >= 0.6 is 11.8 Å². The Morgan fingerprint density at radius 1 is 0.885 bits per heavy atom. The molecule has 1 aliphatic heterocycles. The molecule has 26 heavy (non-hydrogen) atoms. The number of benzene rings is 3. The van der Waals surface area contributed by atoms with Crippen LogP contribution in [-0.2, 0) is 0 Å². The fourth-order valence-electron chi connectivity index (χ4n) is 3.47. The molecular weight excluding hydrogens is 342 g/mol. The maximum atomic E-state index is 12.9. The summed E-state index contributed by atoms with van der Waals surface area (Å²) in [6, 6.07) is 24.3. The fourth-order valence-corrected chi connectivity index (χ4v) is 4.66. The van der Waals surface area contributed by atoms with Gasteiger partial charge in [-0.2, -0.15) is 0 Å². The number of hydrogen-bond acceptors (Lipinski definition) is 4. The van der Waals surface area contributed by atoms with Gasteiger partial charge in [-0.3, -0.25) is 4.79 Å². The number of thioether (sulfide) groups is 1. The Morgan fingerprint density at radius 2 is 1.65 bits per heavy atom. The summed E-state index contributed by atoms with van der Waals surface area (Å²) in [6.07, 6.45) is 0.434. The molecule has 0 spiro atoms. The van der Waals surface area contributed by atoms with Crippen molar-refractivity contribution in [1.29, 1.82) is 0 Å². The molecular formula is C21H15N3OS. The minimum atomic E-state index is 0.0422. The first-order valence-electron chi connectivity index (χ1n) is 8.49. The average Bonchev–Trinajstić information content (AvgIpc) is 3.13. The lowest BCUT2D eigenvalue weighted by molar-refractivity contribution is 0.0888. The number of nitrogens with zero attached hydrogens (tertiary/aromatic N) is 3. The van der Waals surface area contributed by atoms with Crippen molar-refractivity contribution >= 4 is 28.4 Å². The van der Waals surface area contributed by atoms with Crippen LogP contribution in [0.15, 0.2) is 78.0 Å². The third kappa shape index (κ3) is 2.44. The van der Waals surface area contributed by atoms with Crippen molar-refractivity contribution < 1.29 is 4.79 Å². The monoisotopic (exact) mass is 357 g/mol. The van der Waals surface area contributed by atoms with E-state index in [1.54, 1.807) is 16.3 Å². The number of carbonyl (C=O) groups is 1. The first kappa shape index (κ1) is 15.3. The molecule has 1 aromatic heterocycles. The molecule has 0 saturated carbocycles. The largest absolute Gasteiger partial charge is 0.274 e. The number of rotatable bonds is 2. The normalized spacial score (nSPS) is 16.6. The molecule has 5 heteroatoms. The molecule has 4 nitrogen and oxygen atoms in total. The van der Waals surface area contributed by atoms with Crippen molar-refractivity contribution in [2.75, 3.05) is 0 Å². The summed E-state index contributed by atoms with van der Waals surface area (Å²) in [4.78, 5) is 12.9. The van der Waals surface area contributed by atoms with Gasteiger partial charge in [-0.15, -0.1) is 10.2 Å². The highest BCUT2D eigenvalue weighted by Gasteiger charge is 2.31. The maximum absolute atomic E-state index is 12.9. The minimum absolute atomic E-state index is 0.0422. The van der Waals surface area contributed by atoms with Crippen molar-refractivity contribution in [2.24, 2.45) is 0 Å². The van der Waals surface area contributed by atoms with Crippen LogP contribution in [0, 0.1) is 0 Å². The predicted molar refractivity (Wildman–Crippen MR) is 103 cm³/mol. The van der Waals surface area contributed by atoms with Gasteiger partial charge in [0, 0.05) is 17.2 Å². The van der Waals surface area contributed by atoms with Crippen LogP contribution in [0.2, 0.25) is 0 Å². The van der Waals surface area contributed by atoms with Gasteiger partial charge in [0.1, 0.15) is 0 Å². The Bertz CT molecular complexity index is 1120. The Balaban J connectivity index is 1.58. The SMILES string of the molecule is O=C1CC(c2cccc3ccccc23)Sc2nnc(-c3ccccc3)n21. The van der Waals surface area contributed by atoms with E-state index in [0.29, 0.717) is 17.4 Å². The smallest absolute Gasteiger partial charge is 0.235 e. The molecule has 5 rings (SSSR count). The van der Waals surface area contributed by atoms with Crippen LogP contribution in [0.5, 0.6) is 0 Å². The molecule has 126 valence electrons. The predicted octanol–water partition coefficient (Wildman–Crippen LogP) is 4.98. The minimum Gasteiger partial charge on any atom is -0.274 e. The van der Waals surface area contributed by atoms with E-state index in [1.165, 1.54) is 16.3 Å². The summed E-state index contributed by atoms with van der Waals surface area (Å²) in [7, 11) is 0. The van der Waals surface area contributed by atoms with E-state index in [1.807, 2.05) is 42.5 Å². The summed E-state index contributed by atoms with van der Waals surface area (Å²) < 4.78 is 1.65. The molecule has 0 bridgehead atoms.